The molecule has 1 aromatic rings. The first-order valence-electron chi connectivity index (χ1n) is 7.01. The lowest BCUT2D eigenvalue weighted by atomic mass is 9.95. The molecule has 106 valence electrons. The van der Waals surface area contributed by atoms with Crippen LogP contribution in [-0.2, 0) is 11.3 Å². The molecule has 1 aliphatic heterocycles. The summed E-state index contributed by atoms with van der Waals surface area (Å²) in [7, 11) is 0. The molecule has 5 nitrogen and oxygen atoms in total. The predicted molar refractivity (Wildman–Crippen MR) is 72.9 cm³/mol. The fourth-order valence-electron chi connectivity index (χ4n) is 2.71. The summed E-state index contributed by atoms with van der Waals surface area (Å²) in [4.78, 5) is 13.1. The Morgan fingerprint density at radius 1 is 1.58 bits per heavy atom. The molecule has 5 heteroatoms. The fraction of sp³-hybridized carbons (Fsp3) is 0.714. The van der Waals surface area contributed by atoms with Crippen molar-refractivity contribution in [2.24, 2.45) is 5.92 Å². The number of likely N-dealkylation sites (tertiary alicyclic amines) is 1. The van der Waals surface area contributed by atoms with Gasteiger partial charge in [0.2, 0.25) is 0 Å². The summed E-state index contributed by atoms with van der Waals surface area (Å²) in [5.41, 5.74) is 1.21. The Labute approximate surface area is 114 Å². The molecule has 2 rings (SSSR count). The van der Waals surface area contributed by atoms with E-state index in [4.69, 9.17) is 5.11 Å². The zero-order valence-electron chi connectivity index (χ0n) is 11.7. The van der Waals surface area contributed by atoms with E-state index in [2.05, 4.69) is 30.0 Å². The number of carbonyl (C=O) groups is 1. The van der Waals surface area contributed by atoms with Crippen LogP contribution >= 0.6 is 0 Å². The van der Waals surface area contributed by atoms with Crippen molar-refractivity contribution < 1.29 is 9.90 Å². The van der Waals surface area contributed by atoms with E-state index in [0.29, 0.717) is 18.4 Å². The summed E-state index contributed by atoms with van der Waals surface area (Å²) in [5.74, 6) is -0.383. The average Bonchev–Trinajstić information content (AvgIpc) is 2.77. The topological polar surface area (TPSA) is 58.4 Å². The molecule has 1 aliphatic rings. The molecule has 0 aliphatic carbocycles. The van der Waals surface area contributed by atoms with Crippen molar-refractivity contribution in [3.05, 3.63) is 18.0 Å². The number of aliphatic carboxylic acids is 1. The number of nitrogens with zero attached hydrogens (tertiary/aromatic N) is 3. The Morgan fingerprint density at radius 2 is 2.37 bits per heavy atom. The highest BCUT2D eigenvalue weighted by Crippen LogP contribution is 2.21. The van der Waals surface area contributed by atoms with E-state index in [0.717, 1.165) is 32.5 Å². The molecule has 1 aromatic heterocycles. The van der Waals surface area contributed by atoms with Gasteiger partial charge in [-0.1, -0.05) is 0 Å². The minimum absolute atomic E-state index is 0.293. The van der Waals surface area contributed by atoms with Gasteiger partial charge in [-0.3, -0.25) is 14.4 Å². The smallest absolute Gasteiger partial charge is 0.303 e. The highest BCUT2D eigenvalue weighted by molar-refractivity contribution is 5.67. The van der Waals surface area contributed by atoms with E-state index in [-0.39, 0.29) is 0 Å². The quantitative estimate of drug-likeness (QED) is 0.886. The van der Waals surface area contributed by atoms with Gasteiger partial charge < -0.3 is 5.11 Å². The standard InChI is InChI=1S/C14H23N3O2/c1-11(2)17-10-13(7-15-17)9-16-5-3-4-12(8-16)6-14(18)19/h7,10-12H,3-6,8-9H2,1-2H3,(H,18,19). The SMILES string of the molecule is CC(C)n1cc(CN2CCCC(CC(=O)O)C2)cn1. The van der Waals surface area contributed by atoms with Crippen molar-refractivity contribution in [2.45, 2.75) is 45.7 Å². The van der Waals surface area contributed by atoms with Crippen LogP contribution < -0.4 is 0 Å². The summed E-state index contributed by atoms with van der Waals surface area (Å²) in [5, 5.41) is 13.2. The Kier molecular flexibility index (Phi) is 4.58. The molecule has 1 fully saturated rings. The molecule has 0 radical (unpaired) electrons. The molecular weight excluding hydrogens is 242 g/mol. The van der Waals surface area contributed by atoms with Crippen LogP contribution in [-0.4, -0.2) is 38.8 Å². The molecule has 2 heterocycles. The van der Waals surface area contributed by atoms with Crippen LogP contribution in [0.15, 0.2) is 12.4 Å². The van der Waals surface area contributed by atoms with Gasteiger partial charge in [-0.15, -0.1) is 0 Å². The van der Waals surface area contributed by atoms with Gasteiger partial charge >= 0.3 is 5.97 Å². The Balaban J connectivity index is 1.89. The number of hydrogen-bond donors (Lipinski definition) is 1. The minimum atomic E-state index is -0.681. The second-order valence-electron chi connectivity index (χ2n) is 5.76. The predicted octanol–water partition coefficient (Wildman–Crippen LogP) is 2.15. The van der Waals surface area contributed by atoms with E-state index in [1.54, 1.807) is 0 Å². The summed E-state index contributed by atoms with van der Waals surface area (Å²) >= 11 is 0. The number of carboxylic acid groups (broad SMARTS) is 1. The maximum absolute atomic E-state index is 10.8. The van der Waals surface area contributed by atoms with Crippen molar-refractivity contribution in [1.82, 2.24) is 14.7 Å². The molecule has 0 amide bonds. The summed E-state index contributed by atoms with van der Waals surface area (Å²) in [6.45, 7) is 7.05. The molecule has 0 bridgehead atoms. The van der Waals surface area contributed by atoms with E-state index in [1.165, 1.54) is 5.56 Å². The van der Waals surface area contributed by atoms with Gasteiger partial charge in [0.1, 0.15) is 0 Å². The molecular formula is C14H23N3O2. The van der Waals surface area contributed by atoms with Crippen LogP contribution in [0, 0.1) is 5.92 Å². The largest absolute Gasteiger partial charge is 0.481 e. The van der Waals surface area contributed by atoms with Crippen LogP contribution in [0.4, 0.5) is 0 Å². The zero-order chi connectivity index (χ0) is 13.8. The van der Waals surface area contributed by atoms with Crippen molar-refractivity contribution >= 4 is 5.97 Å². The van der Waals surface area contributed by atoms with Gasteiger partial charge in [-0.25, -0.2) is 0 Å². The maximum Gasteiger partial charge on any atom is 0.303 e. The molecule has 0 aromatic carbocycles. The lowest BCUT2D eigenvalue weighted by Gasteiger charge is -2.31. The van der Waals surface area contributed by atoms with E-state index >= 15 is 0 Å². The maximum atomic E-state index is 10.8. The van der Waals surface area contributed by atoms with E-state index in [1.807, 2.05) is 10.9 Å². The number of aromatic nitrogens is 2. The van der Waals surface area contributed by atoms with Crippen molar-refractivity contribution in [3.63, 3.8) is 0 Å². The second kappa shape index (κ2) is 6.19. The lowest BCUT2D eigenvalue weighted by molar-refractivity contribution is -0.138. The van der Waals surface area contributed by atoms with Crippen LogP contribution in [0.1, 0.15) is 44.7 Å². The first-order valence-corrected chi connectivity index (χ1v) is 7.01. The molecule has 1 saturated heterocycles. The molecule has 0 spiro atoms. The molecule has 0 saturated carbocycles. The highest BCUT2D eigenvalue weighted by Gasteiger charge is 2.22. The monoisotopic (exact) mass is 265 g/mol. The van der Waals surface area contributed by atoms with Gasteiger partial charge in [0.15, 0.2) is 0 Å². The van der Waals surface area contributed by atoms with Crippen molar-refractivity contribution in [3.8, 4) is 0 Å². The molecule has 1 atom stereocenters. The van der Waals surface area contributed by atoms with Gasteiger partial charge in [-0.2, -0.15) is 5.10 Å². The van der Waals surface area contributed by atoms with Gasteiger partial charge in [0.25, 0.3) is 0 Å². The number of hydrogen-bond acceptors (Lipinski definition) is 3. The Hall–Kier alpha value is -1.36. The fourth-order valence-corrected chi connectivity index (χ4v) is 2.71. The minimum Gasteiger partial charge on any atom is -0.481 e. The molecule has 19 heavy (non-hydrogen) atoms. The summed E-state index contributed by atoms with van der Waals surface area (Å²) in [6.07, 6.45) is 6.43. The zero-order valence-corrected chi connectivity index (χ0v) is 11.7. The van der Waals surface area contributed by atoms with Gasteiger partial charge in [0, 0.05) is 37.3 Å². The normalized spacial score (nSPS) is 20.9. The number of piperidine rings is 1. The third-order valence-electron chi connectivity index (χ3n) is 3.66. The van der Waals surface area contributed by atoms with Crippen LogP contribution in [0.5, 0.6) is 0 Å². The molecule has 1 unspecified atom stereocenters. The van der Waals surface area contributed by atoms with Crippen LogP contribution in [0.25, 0.3) is 0 Å². The van der Waals surface area contributed by atoms with Crippen molar-refractivity contribution in [1.29, 1.82) is 0 Å². The number of carboxylic acids is 1. The van der Waals surface area contributed by atoms with Crippen LogP contribution in [0.2, 0.25) is 0 Å². The lowest BCUT2D eigenvalue weighted by Crippen LogP contribution is -2.35. The third kappa shape index (κ3) is 4.06. The highest BCUT2D eigenvalue weighted by atomic mass is 16.4. The van der Waals surface area contributed by atoms with Crippen molar-refractivity contribution in [2.75, 3.05) is 13.1 Å². The van der Waals surface area contributed by atoms with E-state index in [9.17, 15) is 4.79 Å². The average molecular weight is 265 g/mol. The first kappa shape index (κ1) is 14.1. The third-order valence-corrected chi connectivity index (χ3v) is 3.66. The van der Waals surface area contributed by atoms with Crippen LogP contribution in [0.3, 0.4) is 0 Å². The van der Waals surface area contributed by atoms with Gasteiger partial charge in [-0.05, 0) is 39.2 Å². The van der Waals surface area contributed by atoms with Gasteiger partial charge in [0.05, 0.1) is 6.20 Å². The van der Waals surface area contributed by atoms with E-state index < -0.39 is 5.97 Å². The first-order chi connectivity index (χ1) is 9.04. The Bertz CT molecular complexity index is 428. The Morgan fingerprint density at radius 3 is 3.00 bits per heavy atom. The number of rotatable bonds is 5. The summed E-state index contributed by atoms with van der Waals surface area (Å²) in [6, 6.07) is 0.384. The molecule has 1 N–H and O–H groups in total. The summed E-state index contributed by atoms with van der Waals surface area (Å²) < 4.78 is 1.97. The second-order valence-corrected chi connectivity index (χ2v) is 5.76.